The van der Waals surface area contributed by atoms with Gasteiger partial charge in [0.1, 0.15) is 0 Å². The molecule has 0 unspecified atom stereocenters. The van der Waals surface area contributed by atoms with Gasteiger partial charge in [0.05, 0.1) is 4.90 Å². The fourth-order valence-corrected chi connectivity index (χ4v) is 4.66. The van der Waals surface area contributed by atoms with Crippen LogP contribution in [-0.4, -0.2) is 37.8 Å². The zero-order chi connectivity index (χ0) is 18.7. The summed E-state index contributed by atoms with van der Waals surface area (Å²) in [5, 5.41) is 3.03. The van der Waals surface area contributed by atoms with Crippen LogP contribution in [0.15, 0.2) is 53.4 Å². The van der Waals surface area contributed by atoms with E-state index in [4.69, 9.17) is 0 Å². The number of amides is 1. The molecule has 138 valence electrons. The Morgan fingerprint density at radius 1 is 1.00 bits per heavy atom. The number of benzene rings is 2. The Labute approximate surface area is 155 Å². The largest absolute Gasteiger partial charge is 0.349 e. The summed E-state index contributed by atoms with van der Waals surface area (Å²) in [6, 6.07) is 14.4. The minimum Gasteiger partial charge on any atom is -0.349 e. The van der Waals surface area contributed by atoms with Crippen LogP contribution in [0.2, 0.25) is 0 Å². The Bertz CT molecular complexity index is 884. The van der Waals surface area contributed by atoms with E-state index in [0.29, 0.717) is 36.4 Å². The molecule has 0 aliphatic carbocycles. The van der Waals surface area contributed by atoms with E-state index in [1.54, 1.807) is 12.1 Å². The molecule has 3 rings (SSSR count). The molecular weight excluding hydrogens is 348 g/mol. The zero-order valence-electron chi connectivity index (χ0n) is 15.1. The topological polar surface area (TPSA) is 66.5 Å². The van der Waals surface area contributed by atoms with Crippen LogP contribution >= 0.6 is 0 Å². The van der Waals surface area contributed by atoms with Crippen molar-refractivity contribution in [1.82, 2.24) is 9.62 Å². The molecule has 0 aromatic heterocycles. The third-order valence-electron chi connectivity index (χ3n) is 4.84. The van der Waals surface area contributed by atoms with Gasteiger partial charge >= 0.3 is 0 Å². The van der Waals surface area contributed by atoms with E-state index in [0.717, 1.165) is 11.1 Å². The van der Waals surface area contributed by atoms with Gasteiger partial charge in [-0.2, -0.15) is 4.31 Å². The maximum atomic E-state index is 12.7. The van der Waals surface area contributed by atoms with Crippen LogP contribution in [0.5, 0.6) is 0 Å². The average Bonchev–Trinajstić information content (AvgIpc) is 2.63. The van der Waals surface area contributed by atoms with Gasteiger partial charge in [0, 0.05) is 24.7 Å². The van der Waals surface area contributed by atoms with Crippen molar-refractivity contribution >= 4 is 15.9 Å². The summed E-state index contributed by atoms with van der Waals surface area (Å²) >= 11 is 0. The number of nitrogens with one attached hydrogen (secondary N) is 1. The van der Waals surface area contributed by atoms with Crippen LogP contribution in [0, 0.1) is 13.8 Å². The average molecular weight is 372 g/mol. The molecule has 0 atom stereocenters. The van der Waals surface area contributed by atoms with Crippen LogP contribution in [0.4, 0.5) is 0 Å². The molecule has 0 saturated carbocycles. The van der Waals surface area contributed by atoms with E-state index >= 15 is 0 Å². The molecule has 1 saturated heterocycles. The van der Waals surface area contributed by atoms with Gasteiger partial charge in [-0.1, -0.05) is 35.9 Å². The van der Waals surface area contributed by atoms with Gasteiger partial charge in [0.15, 0.2) is 0 Å². The Morgan fingerprint density at radius 3 is 2.23 bits per heavy atom. The number of hydrogen-bond donors (Lipinski definition) is 1. The predicted octanol–water partition coefficient (Wildman–Crippen LogP) is 2.89. The molecule has 2 aromatic rings. The first-order valence-corrected chi connectivity index (χ1v) is 10.3. The van der Waals surface area contributed by atoms with E-state index in [2.05, 4.69) is 5.32 Å². The standard InChI is InChI=1S/C20H24N2O3S/c1-15-7-9-18(10-8-15)26(24,25)22-13-11-17(12-14-22)21-20(23)19-6-4-3-5-16(19)2/h3-10,17H,11-14H2,1-2H3,(H,21,23). The molecule has 1 N–H and O–H groups in total. The zero-order valence-corrected chi connectivity index (χ0v) is 15.9. The van der Waals surface area contributed by atoms with Gasteiger partial charge < -0.3 is 5.32 Å². The molecule has 1 aliphatic heterocycles. The minimum absolute atomic E-state index is 0.00780. The number of rotatable bonds is 4. The summed E-state index contributed by atoms with van der Waals surface area (Å²) in [7, 11) is -3.47. The number of sulfonamides is 1. The highest BCUT2D eigenvalue weighted by Gasteiger charge is 2.30. The molecule has 0 spiro atoms. The van der Waals surface area contributed by atoms with Crippen LogP contribution < -0.4 is 5.32 Å². The van der Waals surface area contributed by atoms with Crippen LogP contribution in [-0.2, 0) is 10.0 Å². The molecule has 5 nitrogen and oxygen atoms in total. The Kier molecular flexibility index (Phi) is 5.44. The van der Waals surface area contributed by atoms with Crippen LogP contribution in [0.3, 0.4) is 0 Å². The lowest BCUT2D eigenvalue weighted by Gasteiger charge is -2.31. The molecule has 1 fully saturated rings. The smallest absolute Gasteiger partial charge is 0.251 e. The number of nitrogens with zero attached hydrogens (tertiary/aromatic N) is 1. The van der Waals surface area contributed by atoms with Crippen molar-refractivity contribution < 1.29 is 13.2 Å². The summed E-state index contributed by atoms with van der Waals surface area (Å²) in [6.07, 6.45) is 1.23. The second kappa shape index (κ2) is 7.60. The van der Waals surface area contributed by atoms with Crippen molar-refractivity contribution in [3.8, 4) is 0 Å². The molecule has 26 heavy (non-hydrogen) atoms. The van der Waals surface area contributed by atoms with Crippen LogP contribution in [0.1, 0.15) is 34.3 Å². The lowest BCUT2D eigenvalue weighted by Crippen LogP contribution is -2.46. The van der Waals surface area contributed by atoms with E-state index in [1.165, 1.54) is 4.31 Å². The maximum absolute atomic E-state index is 12.7. The lowest BCUT2D eigenvalue weighted by atomic mass is 10.0. The van der Waals surface area contributed by atoms with Crippen molar-refractivity contribution in [1.29, 1.82) is 0 Å². The highest BCUT2D eigenvalue weighted by atomic mass is 32.2. The van der Waals surface area contributed by atoms with Gasteiger partial charge in [-0.15, -0.1) is 0 Å². The second-order valence-corrected chi connectivity index (χ2v) is 8.72. The van der Waals surface area contributed by atoms with Gasteiger partial charge in [0.2, 0.25) is 10.0 Å². The quantitative estimate of drug-likeness (QED) is 0.897. The van der Waals surface area contributed by atoms with Crippen LogP contribution in [0.25, 0.3) is 0 Å². The Morgan fingerprint density at radius 2 is 1.62 bits per heavy atom. The van der Waals surface area contributed by atoms with Crippen molar-refractivity contribution in [2.45, 2.75) is 37.6 Å². The van der Waals surface area contributed by atoms with Crippen molar-refractivity contribution in [3.05, 3.63) is 65.2 Å². The Hall–Kier alpha value is -2.18. The van der Waals surface area contributed by atoms with Gasteiger partial charge in [-0.25, -0.2) is 8.42 Å². The lowest BCUT2D eigenvalue weighted by molar-refractivity contribution is 0.0923. The number of hydrogen-bond acceptors (Lipinski definition) is 3. The molecule has 1 heterocycles. The summed E-state index contributed by atoms with van der Waals surface area (Å²) in [5.74, 6) is -0.0945. The molecule has 0 bridgehead atoms. The highest BCUT2D eigenvalue weighted by Crippen LogP contribution is 2.21. The minimum atomic E-state index is -3.47. The number of carbonyl (C=O) groups is 1. The first-order chi connectivity index (χ1) is 12.4. The SMILES string of the molecule is Cc1ccc(S(=O)(=O)N2CCC(NC(=O)c3ccccc3C)CC2)cc1. The molecule has 6 heteroatoms. The van der Waals surface area contributed by atoms with E-state index < -0.39 is 10.0 Å². The van der Waals surface area contributed by atoms with E-state index in [-0.39, 0.29) is 11.9 Å². The van der Waals surface area contributed by atoms with E-state index in [1.807, 2.05) is 50.2 Å². The first-order valence-electron chi connectivity index (χ1n) is 8.81. The molecule has 1 amide bonds. The molecular formula is C20H24N2O3S. The monoisotopic (exact) mass is 372 g/mol. The summed E-state index contributed by atoms with van der Waals surface area (Å²) in [4.78, 5) is 12.7. The highest BCUT2D eigenvalue weighted by molar-refractivity contribution is 7.89. The summed E-state index contributed by atoms with van der Waals surface area (Å²) in [6.45, 7) is 4.66. The van der Waals surface area contributed by atoms with E-state index in [9.17, 15) is 13.2 Å². The third kappa shape index (κ3) is 3.97. The molecule has 2 aromatic carbocycles. The normalized spacial score (nSPS) is 16.4. The molecule has 0 radical (unpaired) electrons. The van der Waals surface area contributed by atoms with Crippen molar-refractivity contribution in [2.75, 3.05) is 13.1 Å². The third-order valence-corrected chi connectivity index (χ3v) is 6.75. The van der Waals surface area contributed by atoms with Gasteiger partial charge in [-0.3, -0.25) is 4.79 Å². The van der Waals surface area contributed by atoms with Crippen molar-refractivity contribution in [2.24, 2.45) is 0 Å². The number of carbonyl (C=O) groups excluding carboxylic acids is 1. The number of piperidine rings is 1. The first kappa shape index (κ1) is 18.6. The predicted molar refractivity (Wildman–Crippen MR) is 102 cm³/mol. The molecule has 1 aliphatic rings. The Balaban J connectivity index is 1.61. The fraction of sp³-hybridized carbons (Fsp3) is 0.350. The maximum Gasteiger partial charge on any atom is 0.251 e. The summed E-state index contributed by atoms with van der Waals surface area (Å²) in [5.41, 5.74) is 2.63. The fourth-order valence-electron chi connectivity index (χ4n) is 3.19. The van der Waals surface area contributed by atoms with Gasteiger partial charge in [0.25, 0.3) is 5.91 Å². The van der Waals surface area contributed by atoms with Crippen molar-refractivity contribution in [3.63, 3.8) is 0 Å². The number of aryl methyl sites for hydroxylation is 2. The second-order valence-electron chi connectivity index (χ2n) is 6.78. The summed E-state index contributed by atoms with van der Waals surface area (Å²) < 4.78 is 27.0. The van der Waals surface area contributed by atoms with Gasteiger partial charge in [-0.05, 0) is 50.5 Å².